The quantitative estimate of drug-likeness (QED) is 0.903. The van der Waals surface area contributed by atoms with E-state index in [-0.39, 0.29) is 17.7 Å². The minimum absolute atomic E-state index is 0.0607. The van der Waals surface area contributed by atoms with Crippen molar-refractivity contribution in [2.45, 2.75) is 51.0 Å². The molecule has 3 heterocycles. The van der Waals surface area contributed by atoms with Gasteiger partial charge in [0.05, 0.1) is 30.8 Å². The molecule has 1 spiro atoms. The van der Waals surface area contributed by atoms with Gasteiger partial charge < -0.3 is 15.4 Å². The Labute approximate surface area is 118 Å². The van der Waals surface area contributed by atoms with Gasteiger partial charge in [-0.1, -0.05) is 6.07 Å². The van der Waals surface area contributed by atoms with Gasteiger partial charge in [0.2, 0.25) is 0 Å². The second kappa shape index (κ2) is 4.80. The minimum atomic E-state index is 0.0607. The van der Waals surface area contributed by atoms with Gasteiger partial charge in [-0.3, -0.25) is 4.99 Å². The van der Waals surface area contributed by atoms with Crippen molar-refractivity contribution < 1.29 is 4.74 Å². The van der Waals surface area contributed by atoms with E-state index in [0.717, 1.165) is 25.9 Å². The Bertz CT molecular complexity index is 461. The fourth-order valence-electron chi connectivity index (χ4n) is 3.44. The molecule has 1 saturated heterocycles. The number of nitrogens with two attached hydrogens (primary N) is 1. The van der Waals surface area contributed by atoms with E-state index in [2.05, 4.69) is 41.3 Å². The van der Waals surface area contributed by atoms with Crippen LogP contribution in [0.4, 0.5) is 0 Å². The van der Waals surface area contributed by atoms with Crippen molar-refractivity contribution in [2.24, 2.45) is 10.7 Å². The van der Waals surface area contributed by atoms with E-state index < -0.39 is 0 Å². The highest BCUT2D eigenvalue weighted by Crippen LogP contribution is 2.38. The molecule has 1 aromatic heterocycles. The largest absolute Gasteiger partial charge is 0.375 e. The maximum atomic E-state index is 6.13. The van der Waals surface area contributed by atoms with Gasteiger partial charge in [0.25, 0.3) is 0 Å². The van der Waals surface area contributed by atoms with E-state index in [9.17, 15) is 0 Å². The maximum absolute atomic E-state index is 6.13. The molecule has 19 heavy (non-hydrogen) atoms. The average molecular weight is 279 g/mol. The number of hydrogen-bond donors (Lipinski definition) is 1. The maximum Gasteiger partial charge on any atom is 0.192 e. The summed E-state index contributed by atoms with van der Waals surface area (Å²) in [5, 5.41) is 2.11. The van der Waals surface area contributed by atoms with Gasteiger partial charge in [0, 0.05) is 4.88 Å². The lowest BCUT2D eigenvalue weighted by molar-refractivity contribution is -0.0853. The first-order chi connectivity index (χ1) is 9.09. The molecule has 0 bridgehead atoms. The Morgan fingerprint density at radius 3 is 2.84 bits per heavy atom. The van der Waals surface area contributed by atoms with Gasteiger partial charge in [0.1, 0.15) is 0 Å². The third-order valence-electron chi connectivity index (χ3n) is 4.08. The summed E-state index contributed by atoms with van der Waals surface area (Å²) >= 11 is 1.78. The van der Waals surface area contributed by atoms with E-state index in [0.29, 0.717) is 5.96 Å². The average Bonchev–Trinajstić information content (AvgIpc) is 2.93. The van der Waals surface area contributed by atoms with Crippen molar-refractivity contribution in [3.05, 3.63) is 22.4 Å². The second-order valence-corrected chi connectivity index (χ2v) is 6.76. The topological polar surface area (TPSA) is 50.8 Å². The van der Waals surface area contributed by atoms with Gasteiger partial charge in [0.15, 0.2) is 5.96 Å². The molecule has 1 fully saturated rings. The number of thiophene rings is 1. The molecule has 0 aliphatic carbocycles. The molecule has 2 aliphatic heterocycles. The van der Waals surface area contributed by atoms with Crippen LogP contribution in [0.3, 0.4) is 0 Å². The predicted octanol–water partition coefficient (Wildman–Crippen LogP) is 2.20. The Hall–Kier alpha value is -1.07. The van der Waals surface area contributed by atoms with Crippen molar-refractivity contribution in [1.82, 2.24) is 4.90 Å². The van der Waals surface area contributed by atoms with Crippen LogP contribution < -0.4 is 5.73 Å². The van der Waals surface area contributed by atoms with Crippen LogP contribution in [0.1, 0.15) is 31.6 Å². The summed E-state index contributed by atoms with van der Waals surface area (Å²) in [6, 6.07) is 4.25. The fraction of sp³-hybridized carbons (Fsp3) is 0.643. The molecule has 3 rings (SSSR count). The number of rotatable bonds is 2. The third kappa shape index (κ3) is 2.37. The first-order valence-electron chi connectivity index (χ1n) is 6.84. The number of nitrogens with zero attached hydrogens (tertiary/aromatic N) is 2. The lowest BCUT2D eigenvalue weighted by atomic mass is 9.83. The van der Waals surface area contributed by atoms with E-state index >= 15 is 0 Å². The molecule has 0 amide bonds. The molecule has 0 saturated carbocycles. The van der Waals surface area contributed by atoms with Gasteiger partial charge in [-0.2, -0.15) is 0 Å². The lowest BCUT2D eigenvalue weighted by Gasteiger charge is -2.46. The first kappa shape index (κ1) is 12.9. The highest BCUT2D eigenvalue weighted by molar-refractivity contribution is 7.09. The monoisotopic (exact) mass is 279 g/mol. The zero-order chi connectivity index (χ0) is 13.5. The molecule has 104 valence electrons. The summed E-state index contributed by atoms with van der Waals surface area (Å²) < 4.78 is 5.88. The van der Waals surface area contributed by atoms with Crippen molar-refractivity contribution in [3.63, 3.8) is 0 Å². The van der Waals surface area contributed by atoms with Gasteiger partial charge in [-0.25, -0.2) is 0 Å². The van der Waals surface area contributed by atoms with Crippen LogP contribution in [0.15, 0.2) is 22.5 Å². The standard InChI is InChI=1S/C14H21N3OS/c1-10-6-14(7-11(2)18-10)9-16-13(15)17(14)8-12-4-3-5-19-12/h3-5,10-11H,6-9H2,1-2H3,(H2,15,16). The third-order valence-corrected chi connectivity index (χ3v) is 4.94. The van der Waals surface area contributed by atoms with Crippen LogP contribution >= 0.6 is 11.3 Å². The summed E-state index contributed by atoms with van der Waals surface area (Å²) in [4.78, 5) is 8.15. The number of aliphatic imine (C=N–C) groups is 1. The minimum Gasteiger partial charge on any atom is -0.375 e. The molecule has 4 nitrogen and oxygen atoms in total. The van der Waals surface area contributed by atoms with E-state index in [4.69, 9.17) is 10.5 Å². The molecule has 2 aliphatic rings. The van der Waals surface area contributed by atoms with Crippen LogP contribution in [0, 0.1) is 0 Å². The second-order valence-electron chi connectivity index (χ2n) is 5.73. The van der Waals surface area contributed by atoms with Crippen LogP contribution in [0.2, 0.25) is 0 Å². The van der Waals surface area contributed by atoms with Crippen LogP contribution in [-0.2, 0) is 11.3 Å². The van der Waals surface area contributed by atoms with Gasteiger partial charge >= 0.3 is 0 Å². The predicted molar refractivity (Wildman–Crippen MR) is 78.3 cm³/mol. The normalized spacial score (nSPS) is 34.8. The summed E-state index contributed by atoms with van der Waals surface area (Å²) in [5.74, 6) is 0.690. The van der Waals surface area contributed by atoms with Crippen molar-refractivity contribution in [1.29, 1.82) is 0 Å². The zero-order valence-electron chi connectivity index (χ0n) is 11.5. The highest BCUT2D eigenvalue weighted by Gasteiger charge is 2.47. The molecular formula is C14H21N3OS. The SMILES string of the molecule is CC1CC2(CN=C(N)N2Cc2cccs2)CC(C)O1. The van der Waals surface area contributed by atoms with Gasteiger partial charge in [-0.05, 0) is 38.1 Å². The Morgan fingerprint density at radius 1 is 1.47 bits per heavy atom. The molecule has 0 radical (unpaired) electrons. The highest BCUT2D eigenvalue weighted by atomic mass is 32.1. The van der Waals surface area contributed by atoms with E-state index in [1.165, 1.54) is 4.88 Å². The number of ether oxygens (including phenoxy) is 1. The van der Waals surface area contributed by atoms with Crippen molar-refractivity contribution >= 4 is 17.3 Å². The fourth-order valence-corrected chi connectivity index (χ4v) is 4.14. The van der Waals surface area contributed by atoms with E-state index in [1.54, 1.807) is 11.3 Å². The molecule has 2 N–H and O–H groups in total. The van der Waals surface area contributed by atoms with Crippen molar-refractivity contribution in [2.75, 3.05) is 6.54 Å². The Balaban J connectivity index is 1.84. The van der Waals surface area contributed by atoms with Crippen molar-refractivity contribution in [3.8, 4) is 0 Å². The summed E-state index contributed by atoms with van der Waals surface area (Å²) in [6.45, 7) is 5.97. The van der Waals surface area contributed by atoms with E-state index in [1.807, 2.05) is 0 Å². The first-order valence-corrected chi connectivity index (χ1v) is 7.72. The van der Waals surface area contributed by atoms with Crippen LogP contribution in [0.25, 0.3) is 0 Å². The molecule has 5 heteroatoms. The molecule has 2 unspecified atom stereocenters. The summed E-state index contributed by atoms with van der Waals surface area (Å²) in [6.07, 6.45) is 2.56. The van der Waals surface area contributed by atoms with Crippen LogP contribution in [-0.4, -0.2) is 35.2 Å². The number of hydrogen-bond acceptors (Lipinski definition) is 5. The van der Waals surface area contributed by atoms with Gasteiger partial charge in [-0.15, -0.1) is 11.3 Å². The Morgan fingerprint density at radius 2 is 2.21 bits per heavy atom. The zero-order valence-corrected chi connectivity index (χ0v) is 12.3. The lowest BCUT2D eigenvalue weighted by Crippen LogP contribution is -2.56. The molecule has 2 atom stereocenters. The molecule has 1 aromatic rings. The van der Waals surface area contributed by atoms with Crippen LogP contribution in [0.5, 0.6) is 0 Å². The summed E-state index contributed by atoms with van der Waals surface area (Å²) in [5.41, 5.74) is 6.19. The molecular weight excluding hydrogens is 258 g/mol. The number of guanidine groups is 1. The Kier molecular flexibility index (Phi) is 3.27. The molecule has 0 aromatic carbocycles. The smallest absolute Gasteiger partial charge is 0.192 e. The summed E-state index contributed by atoms with van der Waals surface area (Å²) in [7, 11) is 0.